The molecule has 0 atom stereocenters. The summed E-state index contributed by atoms with van der Waals surface area (Å²) in [5.74, 6) is -4.52. The molecule has 0 aliphatic heterocycles. The van der Waals surface area contributed by atoms with E-state index in [9.17, 15) is 29.6 Å². The third-order valence-electron chi connectivity index (χ3n) is 3.74. The molecule has 0 saturated heterocycles. The molecule has 2 aromatic rings. The molecule has 11 heteroatoms. The molecule has 2 amide bonds. The van der Waals surface area contributed by atoms with Crippen LogP contribution in [0.25, 0.3) is 0 Å². The first kappa shape index (κ1) is 21.9. The number of amides is 2. The van der Waals surface area contributed by atoms with Gasteiger partial charge >= 0.3 is 5.97 Å². The SMILES string of the molecule is O=C(O)CNC(=O)/C(C(=O)NCc1ccccc1)=C(\O)Nc1ccccc1[N+](=O)[O-]. The van der Waals surface area contributed by atoms with E-state index in [0.717, 1.165) is 6.07 Å². The van der Waals surface area contributed by atoms with E-state index in [1.807, 2.05) is 5.32 Å². The number of carbonyl (C=O) groups excluding carboxylic acids is 2. The van der Waals surface area contributed by atoms with Gasteiger partial charge in [0, 0.05) is 12.6 Å². The highest BCUT2D eigenvalue weighted by Gasteiger charge is 2.25. The summed E-state index contributed by atoms with van der Waals surface area (Å²) in [7, 11) is 0. The van der Waals surface area contributed by atoms with Gasteiger partial charge < -0.3 is 26.2 Å². The van der Waals surface area contributed by atoms with E-state index in [1.165, 1.54) is 18.2 Å². The Kier molecular flexibility index (Phi) is 7.46. The van der Waals surface area contributed by atoms with Crippen molar-refractivity contribution < 1.29 is 29.5 Å². The van der Waals surface area contributed by atoms with Gasteiger partial charge in [-0.2, -0.15) is 0 Å². The Hall–Kier alpha value is -4.41. The number of carbonyl (C=O) groups is 3. The summed E-state index contributed by atoms with van der Waals surface area (Å²) in [6.45, 7) is -0.777. The third kappa shape index (κ3) is 6.05. The van der Waals surface area contributed by atoms with Crippen LogP contribution < -0.4 is 16.0 Å². The highest BCUT2D eigenvalue weighted by molar-refractivity contribution is 6.19. The smallest absolute Gasteiger partial charge is 0.322 e. The molecule has 0 aliphatic rings. The van der Waals surface area contributed by atoms with E-state index in [0.29, 0.717) is 5.56 Å². The molecular weight excluding hydrogens is 396 g/mol. The number of aliphatic hydroxyl groups is 1. The molecule has 156 valence electrons. The van der Waals surface area contributed by atoms with Gasteiger partial charge in [0.25, 0.3) is 17.5 Å². The van der Waals surface area contributed by atoms with E-state index in [-0.39, 0.29) is 12.2 Å². The van der Waals surface area contributed by atoms with Crippen molar-refractivity contribution in [1.82, 2.24) is 10.6 Å². The first-order chi connectivity index (χ1) is 14.3. The van der Waals surface area contributed by atoms with Crippen molar-refractivity contribution in [3.8, 4) is 0 Å². The van der Waals surface area contributed by atoms with Gasteiger partial charge in [-0.1, -0.05) is 42.5 Å². The summed E-state index contributed by atoms with van der Waals surface area (Å²) in [5.41, 5.74) is -0.689. The zero-order valence-electron chi connectivity index (χ0n) is 15.5. The zero-order valence-corrected chi connectivity index (χ0v) is 15.5. The summed E-state index contributed by atoms with van der Waals surface area (Å²) < 4.78 is 0. The molecule has 0 unspecified atom stereocenters. The number of nitrogens with one attached hydrogen (secondary N) is 3. The van der Waals surface area contributed by atoms with Crippen molar-refractivity contribution in [2.45, 2.75) is 6.54 Å². The fourth-order valence-corrected chi connectivity index (χ4v) is 2.36. The van der Waals surface area contributed by atoms with Crippen molar-refractivity contribution >= 4 is 29.2 Å². The van der Waals surface area contributed by atoms with Crippen LogP contribution in [0, 0.1) is 10.1 Å². The van der Waals surface area contributed by atoms with Crippen LogP contribution in [0.3, 0.4) is 0 Å². The largest absolute Gasteiger partial charge is 0.494 e. The van der Waals surface area contributed by atoms with E-state index in [1.54, 1.807) is 30.3 Å². The molecule has 0 bridgehead atoms. The molecule has 30 heavy (non-hydrogen) atoms. The minimum absolute atomic E-state index is 0.0220. The number of nitro benzene ring substituents is 1. The van der Waals surface area contributed by atoms with Gasteiger partial charge in [0.1, 0.15) is 12.2 Å². The molecule has 0 radical (unpaired) electrons. The molecule has 0 heterocycles. The maximum absolute atomic E-state index is 12.5. The third-order valence-corrected chi connectivity index (χ3v) is 3.74. The number of carboxylic acids is 1. The van der Waals surface area contributed by atoms with Crippen LogP contribution in [-0.2, 0) is 20.9 Å². The highest BCUT2D eigenvalue weighted by atomic mass is 16.6. The number of hydrogen-bond acceptors (Lipinski definition) is 7. The Morgan fingerprint density at radius 1 is 0.900 bits per heavy atom. The molecule has 2 rings (SSSR count). The topological polar surface area (TPSA) is 171 Å². The van der Waals surface area contributed by atoms with Crippen LogP contribution >= 0.6 is 0 Å². The van der Waals surface area contributed by atoms with E-state index in [4.69, 9.17) is 5.11 Å². The standard InChI is InChI=1S/C19H18N4O7/c24-15(25)11-21-18(27)16(17(26)20-10-12-6-2-1-3-7-12)19(28)22-13-8-4-5-9-14(13)23(29)30/h1-9,22,28H,10-11H2,(H,20,26)(H,21,27)(H,24,25)/b19-16-. The van der Waals surface area contributed by atoms with Gasteiger partial charge in [0.2, 0.25) is 5.88 Å². The predicted octanol–water partition coefficient (Wildman–Crippen LogP) is 1.29. The molecule has 0 fully saturated rings. The first-order valence-electron chi connectivity index (χ1n) is 8.55. The lowest BCUT2D eigenvalue weighted by molar-refractivity contribution is -0.384. The summed E-state index contributed by atoms with van der Waals surface area (Å²) >= 11 is 0. The summed E-state index contributed by atoms with van der Waals surface area (Å²) in [6, 6.07) is 14.0. The molecule has 5 N–H and O–H groups in total. The van der Waals surface area contributed by atoms with Gasteiger partial charge in [-0.15, -0.1) is 0 Å². The van der Waals surface area contributed by atoms with Crippen LogP contribution in [0.15, 0.2) is 66.1 Å². The number of aliphatic carboxylic acids is 1. The van der Waals surface area contributed by atoms with Crippen LogP contribution in [0.1, 0.15) is 5.56 Å². The van der Waals surface area contributed by atoms with Crippen molar-refractivity contribution in [3.05, 3.63) is 81.7 Å². The minimum atomic E-state index is -1.36. The number of nitro groups is 1. The zero-order chi connectivity index (χ0) is 22.1. The van der Waals surface area contributed by atoms with Gasteiger partial charge in [-0.25, -0.2) is 0 Å². The lowest BCUT2D eigenvalue weighted by Gasteiger charge is -2.13. The fourth-order valence-electron chi connectivity index (χ4n) is 2.36. The molecule has 0 aromatic heterocycles. The molecule has 0 saturated carbocycles. The van der Waals surface area contributed by atoms with Gasteiger partial charge in [0.05, 0.1) is 4.92 Å². The lowest BCUT2D eigenvalue weighted by Crippen LogP contribution is -2.38. The monoisotopic (exact) mass is 414 g/mol. The lowest BCUT2D eigenvalue weighted by atomic mass is 10.2. The van der Waals surface area contributed by atoms with E-state index in [2.05, 4.69) is 10.6 Å². The summed E-state index contributed by atoms with van der Waals surface area (Å²) in [5, 5.41) is 36.9. The second-order valence-electron chi connectivity index (χ2n) is 5.87. The Balaban J connectivity index is 2.31. The molecule has 2 aromatic carbocycles. The fraction of sp³-hybridized carbons (Fsp3) is 0.105. The Morgan fingerprint density at radius 2 is 1.50 bits per heavy atom. The van der Waals surface area contributed by atoms with E-state index < -0.39 is 46.4 Å². The van der Waals surface area contributed by atoms with Crippen molar-refractivity contribution in [2.75, 3.05) is 11.9 Å². The van der Waals surface area contributed by atoms with Crippen LogP contribution in [-0.4, -0.2) is 39.5 Å². The normalized spacial score (nSPS) is 11.1. The van der Waals surface area contributed by atoms with Crippen molar-refractivity contribution in [2.24, 2.45) is 0 Å². The number of aliphatic hydroxyl groups excluding tert-OH is 1. The van der Waals surface area contributed by atoms with Crippen molar-refractivity contribution in [3.63, 3.8) is 0 Å². The second kappa shape index (κ2) is 10.2. The summed E-state index contributed by atoms with van der Waals surface area (Å²) in [6.07, 6.45) is 0. The van der Waals surface area contributed by atoms with Gasteiger partial charge in [-0.05, 0) is 11.6 Å². The maximum Gasteiger partial charge on any atom is 0.322 e. The Morgan fingerprint density at radius 3 is 2.13 bits per heavy atom. The average Bonchev–Trinajstić information content (AvgIpc) is 2.72. The Labute approximate surface area is 170 Å². The number of rotatable bonds is 9. The molecular formula is C19H18N4O7. The van der Waals surface area contributed by atoms with Gasteiger partial charge in [-0.3, -0.25) is 24.5 Å². The van der Waals surface area contributed by atoms with Crippen molar-refractivity contribution in [1.29, 1.82) is 0 Å². The number of nitrogens with zero attached hydrogens (tertiary/aromatic N) is 1. The molecule has 0 aliphatic carbocycles. The minimum Gasteiger partial charge on any atom is -0.494 e. The highest BCUT2D eigenvalue weighted by Crippen LogP contribution is 2.24. The quantitative estimate of drug-likeness (QED) is 0.102. The van der Waals surface area contributed by atoms with Crippen LogP contribution in [0.2, 0.25) is 0 Å². The number of anilines is 1. The number of carboxylic acid groups (broad SMARTS) is 1. The van der Waals surface area contributed by atoms with Gasteiger partial charge in [0.15, 0.2) is 5.57 Å². The summed E-state index contributed by atoms with van der Waals surface area (Å²) in [4.78, 5) is 46.0. The molecule has 11 nitrogen and oxygen atoms in total. The predicted molar refractivity (Wildman–Crippen MR) is 105 cm³/mol. The molecule has 0 spiro atoms. The van der Waals surface area contributed by atoms with Crippen LogP contribution in [0.5, 0.6) is 0 Å². The first-order valence-corrected chi connectivity index (χ1v) is 8.55. The maximum atomic E-state index is 12.5. The second-order valence-corrected chi connectivity index (χ2v) is 5.87. The van der Waals surface area contributed by atoms with Crippen LogP contribution in [0.4, 0.5) is 11.4 Å². The van der Waals surface area contributed by atoms with E-state index >= 15 is 0 Å². The Bertz CT molecular complexity index is 989. The average molecular weight is 414 g/mol. The number of para-hydroxylation sites is 2. The number of hydrogen-bond donors (Lipinski definition) is 5. The number of benzene rings is 2.